The monoisotopic (exact) mass is 360 g/mol. The highest BCUT2D eigenvalue weighted by molar-refractivity contribution is 7.15. The van der Waals surface area contributed by atoms with Crippen LogP contribution in [0, 0.1) is 0 Å². The molecule has 1 N–H and O–H groups in total. The number of nitrogens with zero attached hydrogens (tertiary/aromatic N) is 3. The second-order valence-electron chi connectivity index (χ2n) is 5.45. The number of fused-ring (bicyclic) bond motifs is 1. The number of anilines is 1. The molecular weight excluding hydrogens is 344 g/mol. The molecule has 0 radical (unpaired) electrons. The van der Waals surface area contributed by atoms with Gasteiger partial charge in [-0.3, -0.25) is 10.1 Å². The van der Waals surface area contributed by atoms with E-state index in [1.165, 1.54) is 11.3 Å². The molecule has 1 amide bonds. The van der Waals surface area contributed by atoms with Crippen molar-refractivity contribution in [2.75, 3.05) is 5.32 Å². The lowest BCUT2D eigenvalue weighted by atomic mass is 10.1. The van der Waals surface area contributed by atoms with Crippen molar-refractivity contribution in [3.63, 3.8) is 0 Å². The summed E-state index contributed by atoms with van der Waals surface area (Å²) < 4.78 is 0. The van der Waals surface area contributed by atoms with Gasteiger partial charge < -0.3 is 0 Å². The van der Waals surface area contributed by atoms with Crippen LogP contribution in [0.15, 0.2) is 30.3 Å². The molecule has 0 aliphatic carbocycles. The number of hydrogen-bond acceptors (Lipinski definition) is 5. The average Bonchev–Trinajstić information content (AvgIpc) is 3.03. The zero-order valence-electron chi connectivity index (χ0n) is 13.4. The summed E-state index contributed by atoms with van der Waals surface area (Å²) in [5.74, 6) is 0.184. The maximum Gasteiger partial charge on any atom is 0.257 e. The molecule has 0 aliphatic heterocycles. The maximum absolute atomic E-state index is 12.4. The smallest absolute Gasteiger partial charge is 0.257 e. The minimum absolute atomic E-state index is 0.209. The van der Waals surface area contributed by atoms with Crippen molar-refractivity contribution < 1.29 is 4.79 Å². The van der Waals surface area contributed by atoms with E-state index in [0.717, 1.165) is 28.8 Å². The second kappa shape index (κ2) is 7.23. The van der Waals surface area contributed by atoms with E-state index < -0.39 is 0 Å². The molecule has 0 saturated heterocycles. The molecule has 0 saturated carbocycles. The molecule has 0 unspecified atom stereocenters. The largest absolute Gasteiger partial charge is 0.296 e. The number of pyridine rings is 1. The van der Waals surface area contributed by atoms with Crippen molar-refractivity contribution in [2.24, 2.45) is 0 Å². The van der Waals surface area contributed by atoms with Gasteiger partial charge in [0.15, 0.2) is 0 Å². The lowest BCUT2D eigenvalue weighted by Gasteiger charge is -2.06. The van der Waals surface area contributed by atoms with Crippen LogP contribution < -0.4 is 5.32 Å². The van der Waals surface area contributed by atoms with E-state index in [-0.39, 0.29) is 5.91 Å². The quantitative estimate of drug-likeness (QED) is 0.657. The molecule has 0 atom stereocenters. The van der Waals surface area contributed by atoms with Crippen LogP contribution in [0.5, 0.6) is 0 Å². The van der Waals surface area contributed by atoms with Gasteiger partial charge in [0.1, 0.15) is 10.2 Å². The number of halogens is 1. The van der Waals surface area contributed by atoms with Gasteiger partial charge in [-0.15, -0.1) is 10.2 Å². The summed E-state index contributed by atoms with van der Waals surface area (Å²) in [6.45, 7) is 4.26. The number of carbonyl (C=O) groups excluding carboxylic acids is 1. The molecule has 1 aromatic carbocycles. The van der Waals surface area contributed by atoms with Crippen molar-refractivity contribution in [3.8, 4) is 0 Å². The van der Waals surface area contributed by atoms with Crippen LogP contribution in [0.4, 0.5) is 5.13 Å². The van der Waals surface area contributed by atoms with Gasteiger partial charge in [0, 0.05) is 16.9 Å². The molecule has 24 heavy (non-hydrogen) atoms. The molecular formula is C17H17ClN4OS. The number of aromatic nitrogens is 3. The fourth-order valence-corrected chi connectivity index (χ4v) is 3.66. The molecule has 5 nitrogen and oxygen atoms in total. The summed E-state index contributed by atoms with van der Waals surface area (Å²) in [6.07, 6.45) is 2.03. The normalized spacial score (nSPS) is 11.2. The zero-order valence-corrected chi connectivity index (χ0v) is 15.0. The highest BCUT2D eigenvalue weighted by atomic mass is 35.5. The topological polar surface area (TPSA) is 67.8 Å². The Morgan fingerprint density at radius 2 is 2.00 bits per heavy atom. The number of amides is 1. The van der Waals surface area contributed by atoms with Crippen molar-refractivity contribution >= 4 is 44.9 Å². The summed E-state index contributed by atoms with van der Waals surface area (Å²) in [7, 11) is 0. The fraction of sp³-hybridized carbons (Fsp3) is 0.294. The molecule has 7 heteroatoms. The lowest BCUT2D eigenvalue weighted by molar-refractivity contribution is 0.102. The molecule has 0 spiro atoms. The SMILES string of the molecule is CCC(CC)c1nnc(NC(=O)c2ccc3nc(Cl)ccc3c2)s1. The van der Waals surface area contributed by atoms with Crippen LogP contribution in [0.2, 0.25) is 5.15 Å². The third-order valence-corrected chi connectivity index (χ3v) is 5.13. The third-order valence-electron chi connectivity index (χ3n) is 3.91. The number of benzene rings is 1. The third kappa shape index (κ3) is 3.55. The van der Waals surface area contributed by atoms with E-state index in [1.807, 2.05) is 6.07 Å². The first kappa shape index (κ1) is 16.8. The maximum atomic E-state index is 12.4. The van der Waals surface area contributed by atoms with Gasteiger partial charge >= 0.3 is 0 Å². The minimum atomic E-state index is -0.209. The molecule has 3 aromatic rings. The Hall–Kier alpha value is -2.05. The first-order valence-electron chi connectivity index (χ1n) is 7.81. The number of rotatable bonds is 5. The lowest BCUT2D eigenvalue weighted by Crippen LogP contribution is -2.11. The van der Waals surface area contributed by atoms with Gasteiger partial charge in [0.05, 0.1) is 5.52 Å². The Morgan fingerprint density at radius 1 is 1.21 bits per heavy atom. The van der Waals surface area contributed by atoms with E-state index in [4.69, 9.17) is 11.6 Å². The average molecular weight is 361 g/mol. The molecule has 3 rings (SSSR count). The summed E-state index contributed by atoms with van der Waals surface area (Å²) in [6, 6.07) is 8.85. The Balaban J connectivity index is 1.78. The number of hydrogen-bond donors (Lipinski definition) is 1. The first-order chi connectivity index (χ1) is 11.6. The van der Waals surface area contributed by atoms with Crippen LogP contribution in [-0.4, -0.2) is 21.1 Å². The minimum Gasteiger partial charge on any atom is -0.296 e. The summed E-state index contributed by atoms with van der Waals surface area (Å²) in [5.41, 5.74) is 1.30. The van der Waals surface area contributed by atoms with Crippen molar-refractivity contribution in [2.45, 2.75) is 32.6 Å². The summed E-state index contributed by atoms with van der Waals surface area (Å²) in [4.78, 5) is 16.6. The molecule has 0 bridgehead atoms. The summed E-state index contributed by atoms with van der Waals surface area (Å²) >= 11 is 7.31. The van der Waals surface area contributed by atoms with Gasteiger partial charge in [-0.05, 0) is 43.2 Å². The van der Waals surface area contributed by atoms with Gasteiger partial charge in [-0.2, -0.15) is 0 Å². The van der Waals surface area contributed by atoms with E-state index in [9.17, 15) is 4.79 Å². The fourth-order valence-electron chi connectivity index (χ4n) is 2.50. The van der Waals surface area contributed by atoms with Crippen LogP contribution in [-0.2, 0) is 0 Å². The Morgan fingerprint density at radius 3 is 2.75 bits per heavy atom. The number of carbonyl (C=O) groups is 1. The second-order valence-corrected chi connectivity index (χ2v) is 6.85. The molecule has 0 aliphatic rings. The van der Waals surface area contributed by atoms with E-state index in [2.05, 4.69) is 34.3 Å². The van der Waals surface area contributed by atoms with E-state index >= 15 is 0 Å². The van der Waals surface area contributed by atoms with Crippen molar-refractivity contribution in [1.29, 1.82) is 0 Å². The van der Waals surface area contributed by atoms with Crippen LogP contribution >= 0.6 is 22.9 Å². The molecule has 0 fully saturated rings. The molecule has 2 aromatic heterocycles. The van der Waals surface area contributed by atoms with Crippen molar-refractivity contribution in [3.05, 3.63) is 46.1 Å². The summed E-state index contributed by atoms with van der Waals surface area (Å²) in [5, 5.41) is 13.9. The highest BCUT2D eigenvalue weighted by Crippen LogP contribution is 2.28. The predicted molar refractivity (Wildman–Crippen MR) is 97.9 cm³/mol. The van der Waals surface area contributed by atoms with Crippen molar-refractivity contribution in [1.82, 2.24) is 15.2 Å². The van der Waals surface area contributed by atoms with Crippen LogP contribution in [0.3, 0.4) is 0 Å². The van der Waals surface area contributed by atoms with E-state index in [0.29, 0.717) is 21.8 Å². The van der Waals surface area contributed by atoms with Gasteiger partial charge in [-0.1, -0.05) is 36.8 Å². The standard InChI is InChI=1S/C17H17ClN4OS/c1-3-10(4-2)16-21-22-17(24-16)20-15(23)12-5-7-13-11(9-12)6-8-14(18)19-13/h5-10H,3-4H2,1-2H3,(H,20,22,23). The van der Waals surface area contributed by atoms with E-state index in [1.54, 1.807) is 24.3 Å². The number of nitrogens with one attached hydrogen (secondary N) is 1. The predicted octanol–water partition coefficient (Wildman–Crippen LogP) is 4.90. The molecule has 124 valence electrons. The van der Waals surface area contributed by atoms with Crippen LogP contribution in [0.1, 0.15) is 48.0 Å². The van der Waals surface area contributed by atoms with Gasteiger partial charge in [0.25, 0.3) is 5.91 Å². The zero-order chi connectivity index (χ0) is 17.1. The Kier molecular flexibility index (Phi) is 5.06. The Labute approximate surface area is 149 Å². The van der Waals surface area contributed by atoms with Crippen LogP contribution in [0.25, 0.3) is 10.9 Å². The van der Waals surface area contributed by atoms with Gasteiger partial charge in [-0.25, -0.2) is 4.98 Å². The molecule has 2 heterocycles. The Bertz CT molecular complexity index is 876. The highest BCUT2D eigenvalue weighted by Gasteiger charge is 2.15. The first-order valence-corrected chi connectivity index (χ1v) is 9.01. The van der Waals surface area contributed by atoms with Gasteiger partial charge in [0.2, 0.25) is 5.13 Å².